The average molecular weight is 579 g/mol. The normalized spacial score (nSPS) is 31.8. The zero-order chi connectivity index (χ0) is 24.3. The van der Waals surface area contributed by atoms with Crippen molar-refractivity contribution in [3.05, 3.63) is 27.7 Å². The van der Waals surface area contributed by atoms with Gasteiger partial charge in [0.1, 0.15) is 0 Å². The van der Waals surface area contributed by atoms with Gasteiger partial charge in [-0.3, -0.25) is 31.3 Å². The summed E-state index contributed by atoms with van der Waals surface area (Å²) >= 11 is -0.931. The summed E-state index contributed by atoms with van der Waals surface area (Å²) in [4.78, 5) is 11.1. The van der Waals surface area contributed by atoms with E-state index in [1.807, 2.05) is 12.3 Å². The summed E-state index contributed by atoms with van der Waals surface area (Å²) in [5.74, 6) is 1.99. The first-order valence-electron chi connectivity index (χ1n) is 12.6. The van der Waals surface area contributed by atoms with Crippen LogP contribution in [0.15, 0.2) is 16.8 Å². The standard InChI is InChI=1S/C21H34N11.2ClH.Zn/c1-2-14(16-4-6-22-18(31-16)12-28-20-24-8-9-25-20)30-15(3-1)17-5-7-23-19(32-17)13-29-21-26-10-11-27-21;;;/h4,6,14-15,17-19,23H,1-3,5,7-13H2,(H2,24,25,28)(H2,26,27,29);2*1H;/q-3;;;+2. The van der Waals surface area contributed by atoms with E-state index in [0.29, 0.717) is 6.54 Å². The van der Waals surface area contributed by atoms with Gasteiger partial charge in [0.25, 0.3) is 0 Å². The maximum atomic E-state index is 5.23. The van der Waals surface area contributed by atoms with Gasteiger partial charge in [0.15, 0.2) is 0 Å². The number of guanidine groups is 2. The third-order valence-corrected chi connectivity index (χ3v) is 6.52. The van der Waals surface area contributed by atoms with Crippen LogP contribution in [0.2, 0.25) is 0 Å². The van der Waals surface area contributed by atoms with Gasteiger partial charge in [-0.25, -0.2) is 0 Å². The first-order valence-corrected chi connectivity index (χ1v) is 20.4. The molecule has 0 bridgehead atoms. The van der Waals surface area contributed by atoms with Gasteiger partial charge in [-0.15, -0.1) is 6.04 Å². The van der Waals surface area contributed by atoms with Crippen LogP contribution in [0.25, 0.3) is 16.0 Å². The third-order valence-electron chi connectivity index (χ3n) is 6.52. The van der Waals surface area contributed by atoms with Crippen LogP contribution in [0.4, 0.5) is 0 Å². The quantitative estimate of drug-likeness (QED) is 0.177. The molecule has 192 valence electrons. The summed E-state index contributed by atoms with van der Waals surface area (Å²) in [5.41, 5.74) is 1.07. The molecule has 5 atom stereocenters. The predicted octanol–water partition coefficient (Wildman–Crippen LogP) is -2.35. The zero-order valence-electron chi connectivity index (χ0n) is 20.1. The number of piperidine rings is 1. The second kappa shape index (κ2) is 14.5. The van der Waals surface area contributed by atoms with Crippen LogP contribution >= 0.6 is 19.4 Å². The Morgan fingerprint density at radius 1 is 0.971 bits per heavy atom. The average Bonchev–Trinajstić information content (AvgIpc) is 3.62. The number of nitrogens with zero attached hydrogens (tertiary/aromatic N) is 4. The Bertz CT molecular complexity index is 793. The molecule has 0 aliphatic carbocycles. The third kappa shape index (κ3) is 8.43. The molecule has 7 N–H and O–H groups in total. The summed E-state index contributed by atoms with van der Waals surface area (Å²) in [6.07, 6.45) is 8.36. The molecule has 5 unspecified atom stereocenters. The summed E-state index contributed by atoms with van der Waals surface area (Å²) in [6.45, 7) is 6.30. The summed E-state index contributed by atoms with van der Waals surface area (Å²) < 4.78 is 0. The van der Waals surface area contributed by atoms with Gasteiger partial charge in [-0.2, -0.15) is 17.8 Å². The van der Waals surface area contributed by atoms with Crippen LogP contribution < -0.4 is 36.6 Å². The molecule has 0 saturated carbocycles. The molecule has 5 heterocycles. The van der Waals surface area contributed by atoms with Crippen molar-refractivity contribution in [2.45, 2.75) is 56.1 Å². The van der Waals surface area contributed by atoms with E-state index in [0.717, 1.165) is 76.1 Å². The van der Waals surface area contributed by atoms with Crippen LogP contribution in [-0.4, -0.2) is 94.4 Å². The van der Waals surface area contributed by atoms with Crippen molar-refractivity contribution in [2.75, 3.05) is 45.8 Å². The van der Waals surface area contributed by atoms with Gasteiger partial charge >= 0.3 is 46.4 Å². The van der Waals surface area contributed by atoms with Gasteiger partial charge in [0.2, 0.25) is 0 Å². The van der Waals surface area contributed by atoms with Crippen molar-refractivity contribution in [1.29, 1.82) is 0 Å². The van der Waals surface area contributed by atoms with E-state index in [4.69, 9.17) is 35.3 Å². The van der Waals surface area contributed by atoms with Crippen molar-refractivity contribution < 1.29 is 25.1 Å². The second-order valence-corrected chi connectivity index (χ2v) is 13.6. The molecular formula is C21H36Cl2N11Zn-. The molecule has 2 fully saturated rings. The molecule has 5 aliphatic heterocycles. The van der Waals surface area contributed by atoms with Crippen LogP contribution in [0.5, 0.6) is 0 Å². The Balaban J connectivity index is 0.000000917. The number of nitrogens with one attached hydrogen (secondary N) is 7. The van der Waals surface area contributed by atoms with E-state index in [1.54, 1.807) is 0 Å². The molecule has 11 nitrogen and oxygen atoms in total. The predicted molar refractivity (Wildman–Crippen MR) is 137 cm³/mol. The molecule has 35 heavy (non-hydrogen) atoms. The van der Waals surface area contributed by atoms with E-state index in [1.165, 1.54) is 6.42 Å². The molecule has 0 aromatic heterocycles. The van der Waals surface area contributed by atoms with Gasteiger partial charge < -0.3 is 26.3 Å². The van der Waals surface area contributed by atoms with E-state index >= 15 is 0 Å². The van der Waals surface area contributed by atoms with E-state index in [-0.39, 0.29) is 30.5 Å². The number of hydrogen-bond donors (Lipinski definition) is 7. The maximum absolute atomic E-state index is 5.23. The molecule has 0 spiro atoms. The van der Waals surface area contributed by atoms with Crippen LogP contribution in [0, 0.1) is 0 Å². The Morgan fingerprint density at radius 2 is 1.69 bits per heavy atom. The summed E-state index contributed by atoms with van der Waals surface area (Å²) in [5, 5.41) is 32.1. The summed E-state index contributed by atoms with van der Waals surface area (Å²) in [6, 6.07) is 0.719. The number of halogens is 2. The van der Waals surface area contributed by atoms with Gasteiger partial charge in [-0.1, -0.05) is 37.9 Å². The SMILES string of the molecule is C1=NC(CNC2=[NH+]CCN2)[N-]C(C2CCCC(C3CCNC(CNC4=[NH+]CCN4)[N-]3)[N-]2)=C1.[Cl][Zn][Cl]. The van der Waals surface area contributed by atoms with Gasteiger partial charge in [-0.05, 0) is 6.54 Å². The molecule has 14 heteroatoms. The monoisotopic (exact) mass is 576 g/mol. The van der Waals surface area contributed by atoms with Crippen LogP contribution in [0.3, 0.4) is 0 Å². The van der Waals surface area contributed by atoms with Crippen molar-refractivity contribution >= 4 is 37.5 Å². The van der Waals surface area contributed by atoms with E-state index in [9.17, 15) is 0 Å². The van der Waals surface area contributed by atoms with E-state index < -0.39 is 15.1 Å². The molecule has 0 aromatic rings. The first kappa shape index (κ1) is 26.9. The summed E-state index contributed by atoms with van der Waals surface area (Å²) in [7, 11) is 9.90. The van der Waals surface area contributed by atoms with Crippen molar-refractivity contribution in [3.63, 3.8) is 0 Å². The van der Waals surface area contributed by atoms with Crippen molar-refractivity contribution in [3.8, 4) is 0 Å². The minimum absolute atomic E-state index is 0.100. The van der Waals surface area contributed by atoms with Crippen molar-refractivity contribution in [1.82, 2.24) is 26.6 Å². The molecular weight excluding hydrogens is 543 g/mol. The fourth-order valence-electron chi connectivity index (χ4n) is 4.87. The Morgan fingerprint density at radius 3 is 2.40 bits per heavy atom. The second-order valence-electron chi connectivity index (χ2n) is 8.96. The number of aliphatic imine (C=N–C) groups is 1. The van der Waals surface area contributed by atoms with Gasteiger partial charge in [0.05, 0.1) is 39.3 Å². The number of rotatable bonds is 6. The van der Waals surface area contributed by atoms with Crippen molar-refractivity contribution in [2.24, 2.45) is 4.99 Å². The molecule has 2 saturated heterocycles. The van der Waals surface area contributed by atoms with E-state index in [2.05, 4.69) is 41.6 Å². The zero-order valence-corrected chi connectivity index (χ0v) is 24.6. The fourth-order valence-corrected chi connectivity index (χ4v) is 4.87. The van der Waals surface area contributed by atoms with Crippen LogP contribution in [0.1, 0.15) is 25.7 Å². The van der Waals surface area contributed by atoms with Crippen LogP contribution in [-0.2, 0) is 15.1 Å². The molecule has 0 aromatic carbocycles. The Labute approximate surface area is 223 Å². The Kier molecular flexibility index (Phi) is 11.2. The number of allylic oxidation sites excluding steroid dienone is 1. The Hall–Kier alpha value is -1.17. The number of hydrogen-bond acceptors (Lipinski definition) is 6. The first-order chi connectivity index (χ1) is 17.2. The topological polar surface area (TPSA) is 143 Å². The molecule has 0 amide bonds. The minimum atomic E-state index is -0.931. The molecule has 5 rings (SSSR count). The van der Waals surface area contributed by atoms with Gasteiger partial charge in [0, 0.05) is 12.4 Å². The molecule has 0 radical (unpaired) electrons. The fraction of sp³-hybridized carbons (Fsp3) is 0.762. The molecule has 5 aliphatic rings.